The van der Waals surface area contributed by atoms with Crippen molar-refractivity contribution in [2.75, 3.05) is 50.8 Å². The smallest absolute Gasteiger partial charge is 0.319 e. The number of rotatable bonds is 8. The van der Waals surface area contributed by atoms with Gasteiger partial charge >= 0.3 is 6.01 Å². The van der Waals surface area contributed by atoms with Crippen molar-refractivity contribution in [3.8, 4) is 35.2 Å². The van der Waals surface area contributed by atoms with Crippen LogP contribution in [0.5, 0.6) is 11.8 Å². The van der Waals surface area contributed by atoms with Gasteiger partial charge in [-0.1, -0.05) is 12.0 Å². The number of aromatic hydroxyl groups is 1. The van der Waals surface area contributed by atoms with Crippen molar-refractivity contribution in [2.24, 2.45) is 7.05 Å². The lowest BCUT2D eigenvalue weighted by Crippen LogP contribution is -2.54. The van der Waals surface area contributed by atoms with Crippen molar-refractivity contribution in [3.63, 3.8) is 0 Å². The van der Waals surface area contributed by atoms with Gasteiger partial charge in [0.25, 0.3) is 0 Å². The van der Waals surface area contributed by atoms with Crippen LogP contribution in [0.4, 0.5) is 19.0 Å². The fourth-order valence-electron chi connectivity index (χ4n) is 9.64. The van der Waals surface area contributed by atoms with Crippen LogP contribution in [0.25, 0.3) is 43.7 Å². The molecular formula is C39H40F3N7O3. The molecule has 4 aliphatic rings. The van der Waals surface area contributed by atoms with Gasteiger partial charge in [0.1, 0.15) is 41.2 Å². The summed E-state index contributed by atoms with van der Waals surface area (Å²) in [5, 5.41) is 26.9. The molecule has 3 aromatic carbocycles. The molecule has 4 saturated heterocycles. The maximum atomic E-state index is 17.7. The lowest BCUT2D eigenvalue weighted by Gasteiger charge is -2.42. The molecule has 13 heteroatoms. The molecule has 0 saturated carbocycles. The van der Waals surface area contributed by atoms with Crippen molar-refractivity contribution in [1.29, 1.82) is 0 Å². The van der Waals surface area contributed by atoms with Gasteiger partial charge in [-0.2, -0.15) is 15.1 Å². The van der Waals surface area contributed by atoms with Crippen molar-refractivity contribution in [1.82, 2.24) is 29.5 Å². The molecule has 270 valence electrons. The first-order chi connectivity index (χ1) is 25.2. The number of ether oxygens (including phenoxy) is 1. The zero-order valence-electron chi connectivity index (χ0n) is 29.0. The van der Waals surface area contributed by atoms with E-state index in [4.69, 9.17) is 26.2 Å². The number of nitrogens with zero attached hydrogens (tertiary/aromatic N) is 7. The molecule has 2 N–H and O–H groups in total. The minimum absolute atomic E-state index is 0.00245. The van der Waals surface area contributed by atoms with Gasteiger partial charge in [-0.3, -0.25) is 14.5 Å². The molecule has 2 aromatic heterocycles. The fraction of sp³-hybridized carbons (Fsp3) is 0.462. The highest BCUT2D eigenvalue weighted by Gasteiger charge is 2.49. The number of piperazine rings is 1. The lowest BCUT2D eigenvalue weighted by atomic mass is 9.91. The second kappa shape index (κ2) is 12.5. The Balaban J connectivity index is 1.27. The third kappa shape index (κ3) is 5.17. The second-order valence-electron chi connectivity index (χ2n) is 15.0. The molecule has 0 unspecified atom stereocenters. The number of hydrogen-bond donors (Lipinski definition) is 2. The number of aryl methyl sites for hydroxylation is 1. The summed E-state index contributed by atoms with van der Waals surface area (Å²) in [5.74, 6) is 1.46. The van der Waals surface area contributed by atoms with Crippen LogP contribution in [0, 0.1) is 24.0 Å². The van der Waals surface area contributed by atoms with Gasteiger partial charge in [0.15, 0.2) is 5.82 Å². The van der Waals surface area contributed by atoms with Crippen molar-refractivity contribution in [2.45, 2.75) is 62.3 Å². The fourth-order valence-corrected chi connectivity index (χ4v) is 9.64. The Morgan fingerprint density at radius 2 is 1.88 bits per heavy atom. The molecule has 4 atom stereocenters. The Bertz CT molecular complexity index is 2280. The Kier molecular flexibility index (Phi) is 7.98. The molecule has 4 aliphatic heterocycles. The number of fused-ring (bicyclic) bond motifs is 7. The van der Waals surface area contributed by atoms with Crippen LogP contribution < -0.4 is 9.64 Å². The maximum absolute atomic E-state index is 17.7. The van der Waals surface area contributed by atoms with Crippen molar-refractivity contribution in [3.05, 3.63) is 47.7 Å². The first kappa shape index (κ1) is 33.2. The summed E-state index contributed by atoms with van der Waals surface area (Å²) in [6.07, 6.45) is 11.3. The van der Waals surface area contributed by atoms with E-state index in [1.807, 2.05) is 0 Å². The highest BCUT2D eigenvalue weighted by atomic mass is 19.1. The first-order valence-electron chi connectivity index (χ1n) is 18.1. The molecule has 9 rings (SSSR count). The van der Waals surface area contributed by atoms with Crippen LogP contribution in [0.1, 0.15) is 44.1 Å². The summed E-state index contributed by atoms with van der Waals surface area (Å²) in [4.78, 5) is 16.6. The molecule has 6 heterocycles. The number of aliphatic hydroxyl groups excluding tert-OH is 1. The predicted octanol–water partition coefficient (Wildman–Crippen LogP) is 5.29. The molecule has 2 bridgehead atoms. The van der Waals surface area contributed by atoms with Gasteiger partial charge in [0.05, 0.1) is 16.5 Å². The molecule has 0 spiro atoms. The van der Waals surface area contributed by atoms with Crippen LogP contribution in [0.2, 0.25) is 0 Å². The SMILES string of the molecule is C#Cc1c(F)ccc2cc(O)cc(-c3c(F)c4nc(OC[C@@]56CCCN5C[C@H](F)C6)nc(N5[C@@H]6CC[C@H]5CN(CCCO)C6)c4c4cn(C)nc34)c12. The Morgan fingerprint density at radius 1 is 1.08 bits per heavy atom. The Hall–Kier alpha value is -4.64. The number of aromatic nitrogens is 4. The summed E-state index contributed by atoms with van der Waals surface area (Å²) < 4.78 is 55.6. The third-order valence-corrected chi connectivity index (χ3v) is 11.8. The largest absolute Gasteiger partial charge is 0.508 e. The van der Waals surface area contributed by atoms with E-state index in [9.17, 15) is 14.6 Å². The van der Waals surface area contributed by atoms with E-state index in [0.29, 0.717) is 46.9 Å². The van der Waals surface area contributed by atoms with E-state index in [0.717, 1.165) is 51.9 Å². The molecule has 10 nitrogen and oxygen atoms in total. The maximum Gasteiger partial charge on any atom is 0.319 e. The number of terminal acetylenes is 1. The molecule has 0 aliphatic carbocycles. The van der Waals surface area contributed by atoms with E-state index in [1.165, 1.54) is 24.3 Å². The van der Waals surface area contributed by atoms with E-state index in [-0.39, 0.29) is 64.7 Å². The average Bonchev–Trinajstić information content (AvgIpc) is 3.85. The topological polar surface area (TPSA) is 103 Å². The summed E-state index contributed by atoms with van der Waals surface area (Å²) in [5.41, 5.74) is -0.0195. The third-order valence-electron chi connectivity index (χ3n) is 11.8. The standard InChI is InChI=1S/C39H40F3N7O3/c1-3-27-30(41)9-6-22-14-26(51)15-28(31(22)27)32-34(42)36-33(29-20-46(2)45-35(29)32)37(49-24-7-8-25(49)19-47(18-24)11-5-13-50)44-38(43-36)52-21-39-10-4-12-48(39)17-23(40)16-39/h1,6,9,14-15,20,23-25,50-51H,4-5,7-8,10-13,16-19,21H2,2H3/t23-,24-,25+,39+/m1/s1. The van der Waals surface area contributed by atoms with Gasteiger partial charge in [0.2, 0.25) is 0 Å². The number of phenols is 1. The first-order valence-corrected chi connectivity index (χ1v) is 18.1. The van der Waals surface area contributed by atoms with Gasteiger partial charge < -0.3 is 19.8 Å². The zero-order valence-corrected chi connectivity index (χ0v) is 29.0. The van der Waals surface area contributed by atoms with Crippen LogP contribution in [0.3, 0.4) is 0 Å². The van der Waals surface area contributed by atoms with Crippen molar-refractivity contribution >= 4 is 38.4 Å². The summed E-state index contributed by atoms with van der Waals surface area (Å²) in [7, 11) is 1.74. The highest BCUT2D eigenvalue weighted by Crippen LogP contribution is 2.47. The van der Waals surface area contributed by atoms with E-state index in [1.54, 1.807) is 17.9 Å². The van der Waals surface area contributed by atoms with Gasteiger partial charge in [0, 0.05) is 80.9 Å². The number of halogens is 3. The number of phenolic OH excluding ortho intramolecular Hbond substituents is 1. The molecular weight excluding hydrogens is 671 g/mol. The average molecular weight is 712 g/mol. The van der Waals surface area contributed by atoms with Gasteiger partial charge in [-0.15, -0.1) is 6.42 Å². The molecule has 0 amide bonds. The highest BCUT2D eigenvalue weighted by molar-refractivity contribution is 6.18. The van der Waals surface area contributed by atoms with Crippen LogP contribution in [0.15, 0.2) is 30.5 Å². The number of hydrogen-bond acceptors (Lipinski definition) is 9. The number of likely N-dealkylation sites (tertiary alicyclic amines) is 1. The van der Waals surface area contributed by atoms with Crippen LogP contribution in [-0.2, 0) is 7.05 Å². The van der Waals surface area contributed by atoms with Crippen LogP contribution in [-0.4, -0.2) is 109 Å². The minimum Gasteiger partial charge on any atom is -0.508 e. The Morgan fingerprint density at radius 3 is 2.65 bits per heavy atom. The normalized spacial score (nSPS) is 24.8. The zero-order chi connectivity index (χ0) is 35.9. The quantitative estimate of drug-likeness (QED) is 0.208. The summed E-state index contributed by atoms with van der Waals surface area (Å²) in [6, 6.07) is 5.75. The van der Waals surface area contributed by atoms with E-state index < -0.39 is 23.3 Å². The van der Waals surface area contributed by atoms with Crippen LogP contribution >= 0.6 is 0 Å². The van der Waals surface area contributed by atoms with Gasteiger partial charge in [-0.25, -0.2) is 13.2 Å². The lowest BCUT2D eigenvalue weighted by molar-refractivity contribution is 0.107. The van der Waals surface area contributed by atoms with Gasteiger partial charge in [-0.05, 0) is 67.8 Å². The van der Waals surface area contributed by atoms with E-state index in [2.05, 4.69) is 20.6 Å². The molecule has 52 heavy (non-hydrogen) atoms. The summed E-state index contributed by atoms with van der Waals surface area (Å²) in [6.45, 7) is 3.78. The number of anilines is 1. The molecule has 4 fully saturated rings. The number of alkyl halides is 1. The molecule has 0 radical (unpaired) electrons. The summed E-state index contributed by atoms with van der Waals surface area (Å²) >= 11 is 0. The monoisotopic (exact) mass is 711 g/mol. The molecule has 5 aromatic rings. The minimum atomic E-state index is -0.941. The Labute approximate surface area is 298 Å². The predicted molar refractivity (Wildman–Crippen MR) is 192 cm³/mol. The number of benzene rings is 3. The second-order valence-corrected chi connectivity index (χ2v) is 15.0. The van der Waals surface area contributed by atoms with Crippen molar-refractivity contribution < 1.29 is 28.1 Å². The van der Waals surface area contributed by atoms with E-state index >= 15 is 8.78 Å². The number of aliphatic hydroxyl groups is 1.